The number of rotatable bonds is 2. The Balaban J connectivity index is 1.93. The molecule has 0 bridgehead atoms. The maximum absolute atomic E-state index is 5.31. The fourth-order valence-corrected chi connectivity index (χ4v) is 2.04. The maximum atomic E-state index is 5.31. The van der Waals surface area contributed by atoms with Gasteiger partial charge in [0.15, 0.2) is 0 Å². The molecule has 1 fully saturated rings. The maximum Gasteiger partial charge on any atom is 0.247 e. The second-order valence-electron chi connectivity index (χ2n) is 4.38. The standard InChI is InChI=1S/C11H13N5O/c1-11(3-2-4-14-11)10-15-9(16-17-10)8-7-12-5-6-13-8/h5-7,14H,2-4H2,1H3. The molecule has 1 N–H and O–H groups in total. The van der Waals surface area contributed by atoms with Gasteiger partial charge in [-0.25, -0.2) is 4.98 Å². The molecule has 0 aromatic carbocycles. The second-order valence-corrected chi connectivity index (χ2v) is 4.38. The van der Waals surface area contributed by atoms with E-state index < -0.39 is 0 Å². The minimum absolute atomic E-state index is 0.201. The van der Waals surface area contributed by atoms with E-state index in [1.54, 1.807) is 18.6 Å². The van der Waals surface area contributed by atoms with Crippen molar-refractivity contribution in [3.8, 4) is 11.5 Å². The number of nitrogens with zero attached hydrogens (tertiary/aromatic N) is 4. The topological polar surface area (TPSA) is 76.7 Å². The Labute approximate surface area is 98.5 Å². The van der Waals surface area contributed by atoms with Crippen LogP contribution in [0.25, 0.3) is 11.5 Å². The molecule has 6 nitrogen and oxygen atoms in total. The van der Waals surface area contributed by atoms with Gasteiger partial charge in [-0.15, -0.1) is 0 Å². The molecule has 0 spiro atoms. The minimum atomic E-state index is -0.201. The van der Waals surface area contributed by atoms with Gasteiger partial charge in [0, 0.05) is 12.4 Å². The van der Waals surface area contributed by atoms with Crippen molar-refractivity contribution in [1.82, 2.24) is 25.4 Å². The lowest BCUT2D eigenvalue weighted by Crippen LogP contribution is -2.33. The van der Waals surface area contributed by atoms with Crippen molar-refractivity contribution < 1.29 is 4.52 Å². The summed E-state index contributed by atoms with van der Waals surface area (Å²) in [5, 5.41) is 7.33. The van der Waals surface area contributed by atoms with Crippen LogP contribution in [-0.4, -0.2) is 26.7 Å². The SMILES string of the molecule is CC1(c2nc(-c3cnccn3)no2)CCCN1. The molecule has 1 aliphatic heterocycles. The van der Waals surface area contributed by atoms with Gasteiger partial charge in [-0.1, -0.05) is 5.16 Å². The van der Waals surface area contributed by atoms with Gasteiger partial charge in [0.2, 0.25) is 11.7 Å². The van der Waals surface area contributed by atoms with Crippen LogP contribution in [0.4, 0.5) is 0 Å². The van der Waals surface area contributed by atoms with Gasteiger partial charge < -0.3 is 9.84 Å². The highest BCUT2D eigenvalue weighted by Crippen LogP contribution is 2.29. The van der Waals surface area contributed by atoms with Crippen molar-refractivity contribution in [3.05, 3.63) is 24.5 Å². The van der Waals surface area contributed by atoms with Crippen LogP contribution in [0, 0.1) is 0 Å². The number of hydrogen-bond donors (Lipinski definition) is 1. The molecule has 0 amide bonds. The molecule has 1 unspecified atom stereocenters. The highest BCUT2D eigenvalue weighted by atomic mass is 16.5. The quantitative estimate of drug-likeness (QED) is 0.834. The van der Waals surface area contributed by atoms with Gasteiger partial charge in [0.25, 0.3) is 0 Å². The summed E-state index contributed by atoms with van der Waals surface area (Å²) in [6.07, 6.45) is 6.98. The molecule has 17 heavy (non-hydrogen) atoms. The van der Waals surface area contributed by atoms with Gasteiger partial charge in [0.1, 0.15) is 5.69 Å². The molecule has 2 aromatic rings. The van der Waals surface area contributed by atoms with Gasteiger partial charge >= 0.3 is 0 Å². The van der Waals surface area contributed by atoms with Crippen molar-refractivity contribution in [2.45, 2.75) is 25.3 Å². The number of aromatic nitrogens is 4. The predicted octanol–water partition coefficient (Wildman–Crippen LogP) is 1.13. The molecule has 0 radical (unpaired) electrons. The van der Waals surface area contributed by atoms with E-state index in [0.717, 1.165) is 19.4 Å². The zero-order valence-electron chi connectivity index (χ0n) is 9.55. The predicted molar refractivity (Wildman–Crippen MR) is 59.9 cm³/mol. The third kappa shape index (κ3) is 1.80. The summed E-state index contributed by atoms with van der Waals surface area (Å²) in [4.78, 5) is 12.5. The smallest absolute Gasteiger partial charge is 0.247 e. The second kappa shape index (κ2) is 3.89. The fraction of sp³-hybridized carbons (Fsp3) is 0.455. The van der Waals surface area contributed by atoms with E-state index in [1.165, 1.54) is 0 Å². The summed E-state index contributed by atoms with van der Waals surface area (Å²) in [7, 11) is 0. The number of nitrogens with one attached hydrogen (secondary N) is 1. The number of hydrogen-bond acceptors (Lipinski definition) is 6. The van der Waals surface area contributed by atoms with E-state index in [9.17, 15) is 0 Å². The summed E-state index contributed by atoms with van der Waals surface area (Å²) >= 11 is 0. The lowest BCUT2D eigenvalue weighted by molar-refractivity contribution is 0.275. The van der Waals surface area contributed by atoms with Crippen molar-refractivity contribution in [3.63, 3.8) is 0 Å². The van der Waals surface area contributed by atoms with Gasteiger partial charge in [-0.2, -0.15) is 4.98 Å². The Morgan fingerprint density at radius 1 is 1.41 bits per heavy atom. The molecule has 88 valence electrons. The molecular formula is C11H13N5O. The molecule has 2 aromatic heterocycles. The van der Waals surface area contributed by atoms with Crippen molar-refractivity contribution in [1.29, 1.82) is 0 Å². The van der Waals surface area contributed by atoms with Crippen LogP contribution < -0.4 is 5.32 Å². The Kier molecular flexibility index (Phi) is 2.36. The van der Waals surface area contributed by atoms with Gasteiger partial charge in [-0.3, -0.25) is 4.98 Å². The van der Waals surface area contributed by atoms with Crippen LogP contribution in [0.1, 0.15) is 25.7 Å². The van der Waals surface area contributed by atoms with Crippen LogP contribution in [-0.2, 0) is 5.54 Å². The lowest BCUT2D eigenvalue weighted by atomic mass is 10.0. The highest BCUT2D eigenvalue weighted by molar-refractivity contribution is 5.45. The fourth-order valence-electron chi connectivity index (χ4n) is 2.04. The highest BCUT2D eigenvalue weighted by Gasteiger charge is 2.35. The van der Waals surface area contributed by atoms with Crippen molar-refractivity contribution in [2.75, 3.05) is 6.54 Å². The van der Waals surface area contributed by atoms with Crippen LogP contribution in [0.15, 0.2) is 23.1 Å². The molecular weight excluding hydrogens is 218 g/mol. The first-order chi connectivity index (χ1) is 8.28. The van der Waals surface area contributed by atoms with E-state index in [1.807, 2.05) is 0 Å². The molecule has 3 heterocycles. The monoisotopic (exact) mass is 231 g/mol. The zero-order chi connectivity index (χ0) is 11.7. The van der Waals surface area contributed by atoms with E-state index >= 15 is 0 Å². The Morgan fingerprint density at radius 2 is 2.35 bits per heavy atom. The zero-order valence-corrected chi connectivity index (χ0v) is 9.55. The third-order valence-corrected chi connectivity index (χ3v) is 3.06. The summed E-state index contributed by atoms with van der Waals surface area (Å²) in [5.41, 5.74) is 0.428. The molecule has 3 rings (SSSR count). The van der Waals surface area contributed by atoms with E-state index in [4.69, 9.17) is 4.52 Å². The molecule has 0 aliphatic carbocycles. The van der Waals surface area contributed by atoms with Gasteiger partial charge in [0.05, 0.1) is 11.7 Å². The van der Waals surface area contributed by atoms with Crippen LogP contribution in [0.5, 0.6) is 0 Å². The summed E-state index contributed by atoms with van der Waals surface area (Å²) in [6.45, 7) is 3.06. The van der Waals surface area contributed by atoms with E-state index in [2.05, 4.69) is 32.3 Å². The first-order valence-electron chi connectivity index (χ1n) is 5.63. The normalized spacial score (nSPS) is 24.1. The summed E-state index contributed by atoms with van der Waals surface area (Å²) in [5.74, 6) is 1.11. The molecule has 1 atom stereocenters. The summed E-state index contributed by atoms with van der Waals surface area (Å²) < 4.78 is 5.31. The van der Waals surface area contributed by atoms with Gasteiger partial charge in [-0.05, 0) is 26.3 Å². The first kappa shape index (κ1) is 10.3. The summed E-state index contributed by atoms with van der Waals surface area (Å²) in [6, 6.07) is 0. The van der Waals surface area contributed by atoms with Crippen LogP contribution in [0.2, 0.25) is 0 Å². The van der Waals surface area contributed by atoms with E-state index in [-0.39, 0.29) is 5.54 Å². The molecule has 6 heteroatoms. The van der Waals surface area contributed by atoms with Crippen molar-refractivity contribution in [2.24, 2.45) is 0 Å². The molecule has 0 saturated carbocycles. The lowest BCUT2D eigenvalue weighted by Gasteiger charge is -2.18. The van der Waals surface area contributed by atoms with Crippen LogP contribution in [0.3, 0.4) is 0 Å². The average molecular weight is 231 g/mol. The first-order valence-corrected chi connectivity index (χ1v) is 5.63. The Morgan fingerprint density at radius 3 is 3.06 bits per heavy atom. The van der Waals surface area contributed by atoms with Crippen LogP contribution >= 0.6 is 0 Å². The Bertz CT molecular complexity index is 504. The largest absolute Gasteiger partial charge is 0.337 e. The third-order valence-electron chi connectivity index (χ3n) is 3.06. The Hall–Kier alpha value is -1.82. The van der Waals surface area contributed by atoms with E-state index in [0.29, 0.717) is 17.4 Å². The average Bonchev–Trinajstić information content (AvgIpc) is 2.99. The molecule has 1 aliphatic rings. The molecule has 1 saturated heterocycles. The minimum Gasteiger partial charge on any atom is -0.337 e. The van der Waals surface area contributed by atoms with Crippen molar-refractivity contribution >= 4 is 0 Å².